The maximum atomic E-state index is 12.6. The Morgan fingerprint density at radius 2 is 1.79 bits per heavy atom. The topological polar surface area (TPSA) is 77.8 Å². The molecular formula is C22H26N2O5. The van der Waals surface area contributed by atoms with E-state index in [0.29, 0.717) is 38.1 Å². The number of aromatic nitrogens is 1. The van der Waals surface area contributed by atoms with Crippen LogP contribution in [0.3, 0.4) is 0 Å². The van der Waals surface area contributed by atoms with Crippen molar-refractivity contribution in [2.24, 2.45) is 5.92 Å². The Morgan fingerprint density at radius 1 is 1.10 bits per heavy atom. The third-order valence-corrected chi connectivity index (χ3v) is 5.04. The van der Waals surface area contributed by atoms with Crippen LogP contribution in [0.1, 0.15) is 37.0 Å². The van der Waals surface area contributed by atoms with E-state index in [9.17, 15) is 14.4 Å². The van der Waals surface area contributed by atoms with Crippen molar-refractivity contribution < 1.29 is 23.9 Å². The van der Waals surface area contributed by atoms with Crippen LogP contribution in [0.25, 0.3) is 5.69 Å². The van der Waals surface area contributed by atoms with Gasteiger partial charge in [0.05, 0.1) is 18.1 Å². The Morgan fingerprint density at radius 3 is 2.45 bits per heavy atom. The van der Waals surface area contributed by atoms with Gasteiger partial charge in [-0.15, -0.1) is 0 Å². The first-order valence-electron chi connectivity index (χ1n) is 9.89. The summed E-state index contributed by atoms with van der Waals surface area (Å²) in [7, 11) is 0. The van der Waals surface area contributed by atoms with E-state index in [-0.39, 0.29) is 17.8 Å². The lowest BCUT2D eigenvalue weighted by Gasteiger charge is -2.32. The smallest absolute Gasteiger partial charge is 0.338 e. The molecule has 1 aliphatic rings. The first-order valence-corrected chi connectivity index (χ1v) is 9.89. The lowest BCUT2D eigenvalue weighted by atomic mass is 9.97. The number of esters is 2. The van der Waals surface area contributed by atoms with Gasteiger partial charge in [-0.25, -0.2) is 4.79 Å². The van der Waals surface area contributed by atoms with Crippen LogP contribution in [-0.2, 0) is 19.1 Å². The largest absolute Gasteiger partial charge is 0.466 e. The van der Waals surface area contributed by atoms with Crippen LogP contribution in [0, 0.1) is 5.92 Å². The van der Waals surface area contributed by atoms with Crippen LogP contribution in [0.4, 0.5) is 0 Å². The highest BCUT2D eigenvalue weighted by Gasteiger charge is 2.31. The number of carbonyl (C=O) groups is 3. The van der Waals surface area contributed by atoms with Crippen molar-refractivity contribution in [1.29, 1.82) is 0 Å². The maximum absolute atomic E-state index is 12.6. The molecule has 1 amide bonds. The highest BCUT2D eigenvalue weighted by Crippen LogP contribution is 2.20. The van der Waals surface area contributed by atoms with Gasteiger partial charge in [0.1, 0.15) is 0 Å². The van der Waals surface area contributed by atoms with Crippen molar-refractivity contribution in [1.82, 2.24) is 9.47 Å². The van der Waals surface area contributed by atoms with Gasteiger partial charge in [-0.2, -0.15) is 0 Å². The molecule has 7 nitrogen and oxygen atoms in total. The van der Waals surface area contributed by atoms with E-state index >= 15 is 0 Å². The summed E-state index contributed by atoms with van der Waals surface area (Å²) in [5.74, 6) is -1.17. The first kappa shape index (κ1) is 20.6. The number of likely N-dealkylation sites (tertiary alicyclic amines) is 1. The van der Waals surface area contributed by atoms with E-state index in [1.165, 1.54) is 0 Å². The van der Waals surface area contributed by atoms with Gasteiger partial charge in [0, 0.05) is 31.2 Å². The summed E-state index contributed by atoms with van der Waals surface area (Å²) in [6, 6.07) is 10.9. The highest BCUT2D eigenvalue weighted by molar-refractivity contribution is 5.92. The number of hydrogen-bond donors (Lipinski definition) is 0. The summed E-state index contributed by atoms with van der Waals surface area (Å²) in [5, 5.41) is 0. The Bertz CT molecular complexity index is 854. The third kappa shape index (κ3) is 5.04. The Hall–Kier alpha value is -3.09. The second-order valence-electron chi connectivity index (χ2n) is 7.04. The van der Waals surface area contributed by atoms with E-state index in [0.717, 1.165) is 5.69 Å². The van der Waals surface area contributed by atoms with Crippen molar-refractivity contribution >= 4 is 17.8 Å². The Kier molecular flexibility index (Phi) is 6.69. The molecule has 1 atom stereocenters. The average molecular weight is 398 g/mol. The van der Waals surface area contributed by atoms with E-state index in [1.54, 1.807) is 36.9 Å². The fourth-order valence-electron chi connectivity index (χ4n) is 3.43. The minimum absolute atomic E-state index is 0.173. The number of rotatable bonds is 6. The number of amides is 1. The normalized spacial score (nSPS) is 15.6. The van der Waals surface area contributed by atoms with Gasteiger partial charge in [-0.05, 0) is 57.0 Å². The Balaban J connectivity index is 1.55. The molecule has 0 aliphatic carbocycles. The lowest BCUT2D eigenvalue weighted by molar-refractivity contribution is -0.152. The van der Waals surface area contributed by atoms with Gasteiger partial charge in [0.2, 0.25) is 0 Å². The van der Waals surface area contributed by atoms with Gasteiger partial charge in [0.25, 0.3) is 5.91 Å². The number of ether oxygens (including phenoxy) is 2. The van der Waals surface area contributed by atoms with E-state index < -0.39 is 12.1 Å². The molecule has 1 aliphatic heterocycles. The number of carbonyl (C=O) groups excluding carboxylic acids is 3. The van der Waals surface area contributed by atoms with Crippen molar-refractivity contribution in [3.8, 4) is 5.69 Å². The zero-order chi connectivity index (χ0) is 20.8. The first-order chi connectivity index (χ1) is 14.0. The molecule has 1 unspecified atom stereocenters. The van der Waals surface area contributed by atoms with E-state index in [2.05, 4.69) is 0 Å². The second kappa shape index (κ2) is 9.41. The van der Waals surface area contributed by atoms with Crippen LogP contribution in [-0.4, -0.2) is 53.1 Å². The standard InChI is InChI=1S/C22H26N2O5/c1-3-28-21(26)17-9-13-24(14-10-17)20(25)16(2)29-22(27)18-7-6-8-19(15-18)23-11-4-5-12-23/h4-8,11-12,15-17H,3,9-10,13-14H2,1-2H3. The third-order valence-electron chi connectivity index (χ3n) is 5.04. The van der Waals surface area contributed by atoms with Crippen LogP contribution in [0.5, 0.6) is 0 Å². The molecule has 7 heteroatoms. The highest BCUT2D eigenvalue weighted by atomic mass is 16.5. The van der Waals surface area contributed by atoms with Crippen molar-refractivity contribution in [2.45, 2.75) is 32.8 Å². The molecule has 0 radical (unpaired) electrons. The van der Waals surface area contributed by atoms with Crippen molar-refractivity contribution in [2.75, 3.05) is 19.7 Å². The van der Waals surface area contributed by atoms with Crippen molar-refractivity contribution in [3.05, 3.63) is 54.4 Å². The van der Waals surface area contributed by atoms with Crippen LogP contribution in [0.2, 0.25) is 0 Å². The maximum Gasteiger partial charge on any atom is 0.338 e. The van der Waals surface area contributed by atoms with Crippen LogP contribution < -0.4 is 0 Å². The number of benzene rings is 1. The molecular weight excluding hydrogens is 372 g/mol. The zero-order valence-electron chi connectivity index (χ0n) is 16.7. The van der Waals surface area contributed by atoms with Crippen molar-refractivity contribution in [3.63, 3.8) is 0 Å². The van der Waals surface area contributed by atoms with Gasteiger partial charge in [0.15, 0.2) is 6.10 Å². The monoisotopic (exact) mass is 398 g/mol. The zero-order valence-corrected chi connectivity index (χ0v) is 16.7. The molecule has 29 heavy (non-hydrogen) atoms. The average Bonchev–Trinajstić information content (AvgIpc) is 3.28. The minimum atomic E-state index is -0.892. The molecule has 0 spiro atoms. The van der Waals surface area contributed by atoms with Crippen LogP contribution in [0.15, 0.2) is 48.8 Å². The fraction of sp³-hybridized carbons (Fsp3) is 0.409. The predicted molar refractivity (Wildman–Crippen MR) is 107 cm³/mol. The lowest BCUT2D eigenvalue weighted by Crippen LogP contribution is -2.45. The number of piperidine rings is 1. The SMILES string of the molecule is CCOC(=O)C1CCN(C(=O)C(C)OC(=O)c2cccc(-n3cccc3)c2)CC1. The Labute approximate surface area is 170 Å². The molecule has 2 heterocycles. The summed E-state index contributed by atoms with van der Waals surface area (Å²) in [5.41, 5.74) is 1.22. The summed E-state index contributed by atoms with van der Waals surface area (Å²) >= 11 is 0. The van der Waals surface area contributed by atoms with Gasteiger partial charge < -0.3 is 18.9 Å². The molecule has 3 rings (SSSR count). The predicted octanol–water partition coefficient (Wildman–Crippen LogP) is 2.82. The molecule has 0 bridgehead atoms. The summed E-state index contributed by atoms with van der Waals surface area (Å²) in [6.45, 7) is 4.62. The molecule has 1 aromatic heterocycles. The molecule has 0 N–H and O–H groups in total. The quantitative estimate of drug-likeness (QED) is 0.700. The molecule has 154 valence electrons. The molecule has 0 saturated carbocycles. The van der Waals surface area contributed by atoms with Gasteiger partial charge >= 0.3 is 11.9 Å². The molecule has 2 aromatic rings. The van der Waals surface area contributed by atoms with Crippen LogP contribution >= 0.6 is 0 Å². The summed E-state index contributed by atoms with van der Waals surface area (Å²) in [4.78, 5) is 38.6. The van der Waals surface area contributed by atoms with E-state index in [1.807, 2.05) is 35.2 Å². The summed E-state index contributed by atoms with van der Waals surface area (Å²) < 4.78 is 12.3. The number of hydrogen-bond acceptors (Lipinski definition) is 5. The fourth-order valence-corrected chi connectivity index (χ4v) is 3.43. The molecule has 1 fully saturated rings. The van der Waals surface area contributed by atoms with Gasteiger partial charge in [-0.1, -0.05) is 6.07 Å². The summed E-state index contributed by atoms with van der Waals surface area (Å²) in [6.07, 6.45) is 4.00. The molecule has 1 aromatic carbocycles. The molecule has 1 saturated heterocycles. The number of nitrogens with zero attached hydrogens (tertiary/aromatic N) is 2. The van der Waals surface area contributed by atoms with Gasteiger partial charge in [-0.3, -0.25) is 9.59 Å². The minimum Gasteiger partial charge on any atom is -0.466 e. The second-order valence-corrected chi connectivity index (χ2v) is 7.04. The van der Waals surface area contributed by atoms with E-state index in [4.69, 9.17) is 9.47 Å².